The van der Waals surface area contributed by atoms with Crippen molar-refractivity contribution in [2.75, 3.05) is 12.0 Å². The van der Waals surface area contributed by atoms with E-state index < -0.39 is 0 Å². The van der Waals surface area contributed by atoms with E-state index in [-0.39, 0.29) is 57.4 Å². The van der Waals surface area contributed by atoms with E-state index in [1.54, 1.807) is 43.1 Å². The number of anilines is 1. The van der Waals surface area contributed by atoms with Crippen molar-refractivity contribution in [2.24, 2.45) is 29.6 Å². The number of amides is 2. The number of hydrogen-bond acceptors (Lipinski definition) is 7. The molecule has 0 spiro atoms. The quantitative estimate of drug-likeness (QED) is 0.269. The molecule has 9 heteroatoms. The molecule has 218 valence electrons. The number of ether oxygens (including phenoxy) is 2. The van der Waals surface area contributed by atoms with Crippen molar-refractivity contribution in [3.8, 4) is 11.5 Å². The number of thioether (sulfide) groups is 1. The lowest BCUT2D eigenvalue weighted by molar-refractivity contribution is -0.123. The number of carbonyl (C=O) groups excluding carboxylic acids is 2. The molecule has 7 nitrogen and oxygen atoms in total. The number of carbonyl (C=O) groups is 2. The Hall–Kier alpha value is -3.82. The Labute approximate surface area is 257 Å². The number of methoxy groups -OCH3 is 1. The van der Waals surface area contributed by atoms with Crippen LogP contribution in [0.3, 0.4) is 0 Å². The summed E-state index contributed by atoms with van der Waals surface area (Å²) >= 11 is 2.96. The van der Waals surface area contributed by atoms with Gasteiger partial charge in [0, 0.05) is 21.6 Å². The van der Waals surface area contributed by atoms with Crippen LogP contribution in [0.15, 0.2) is 82.6 Å². The topological polar surface area (TPSA) is 88.7 Å². The smallest absolute Gasteiger partial charge is 0.305 e. The van der Waals surface area contributed by atoms with Crippen LogP contribution in [0.2, 0.25) is 0 Å². The van der Waals surface area contributed by atoms with E-state index in [0.717, 1.165) is 33.2 Å². The largest absolute Gasteiger partial charge is 0.497 e. The number of nitrogens with zero attached hydrogens (tertiary/aromatic N) is 1. The number of fused-ring (bicyclic) bond motifs is 9. The minimum Gasteiger partial charge on any atom is -0.497 e. The molecule has 0 radical (unpaired) electrons. The first-order chi connectivity index (χ1) is 20.9. The van der Waals surface area contributed by atoms with Crippen molar-refractivity contribution in [3.05, 3.63) is 104 Å². The van der Waals surface area contributed by atoms with Gasteiger partial charge in [0.1, 0.15) is 18.1 Å². The van der Waals surface area contributed by atoms with Crippen LogP contribution in [-0.4, -0.2) is 29.2 Å². The Morgan fingerprint density at radius 1 is 0.907 bits per heavy atom. The fraction of sp³-hybridized carbons (Fsp3) is 0.324. The first-order valence-electron chi connectivity index (χ1n) is 14.6. The third-order valence-electron chi connectivity index (χ3n) is 9.95. The normalized spacial score (nSPS) is 28.5. The summed E-state index contributed by atoms with van der Waals surface area (Å²) in [6.07, 6.45) is 0.841. The van der Waals surface area contributed by atoms with E-state index in [1.165, 1.54) is 21.8 Å². The Morgan fingerprint density at radius 3 is 2.40 bits per heavy atom. The van der Waals surface area contributed by atoms with Gasteiger partial charge in [0.25, 0.3) is 0 Å². The summed E-state index contributed by atoms with van der Waals surface area (Å²) in [6.45, 7) is 2.52. The van der Waals surface area contributed by atoms with Gasteiger partial charge in [0.15, 0.2) is 0 Å². The lowest BCUT2D eigenvalue weighted by Crippen LogP contribution is -2.42. The van der Waals surface area contributed by atoms with Crippen LogP contribution in [0, 0.1) is 36.5 Å². The lowest BCUT2D eigenvalue weighted by atomic mass is 9.68. The van der Waals surface area contributed by atoms with Crippen molar-refractivity contribution in [3.63, 3.8) is 0 Å². The number of rotatable bonds is 6. The highest BCUT2D eigenvalue weighted by atomic mass is 32.2. The van der Waals surface area contributed by atoms with Crippen LogP contribution in [0.25, 0.3) is 0 Å². The second-order valence-corrected chi connectivity index (χ2v) is 14.1. The molecule has 1 saturated heterocycles. The Kier molecular flexibility index (Phi) is 6.31. The number of hydrogen-bond donors (Lipinski definition) is 1. The van der Waals surface area contributed by atoms with Crippen LogP contribution in [0.1, 0.15) is 33.9 Å². The SMILES string of the molecule is COc1ccc(N2C(=O)C3C(C2=O)[C@@H]2C[C@H]3C3Sc4[nH]c(=O)sc4C(c4ccccc4OCc4ccccc4C)C32)cc1. The van der Waals surface area contributed by atoms with E-state index in [0.29, 0.717) is 18.0 Å². The first-order valence-corrected chi connectivity index (χ1v) is 16.3. The lowest BCUT2D eigenvalue weighted by Gasteiger charge is -2.43. The zero-order valence-corrected chi connectivity index (χ0v) is 25.3. The van der Waals surface area contributed by atoms with Crippen molar-refractivity contribution in [2.45, 2.75) is 36.1 Å². The molecule has 2 saturated carbocycles. The number of aromatic nitrogens is 1. The van der Waals surface area contributed by atoms with Gasteiger partial charge in [0.2, 0.25) is 11.8 Å². The molecule has 1 N–H and O–H groups in total. The van der Waals surface area contributed by atoms with Crippen LogP contribution in [-0.2, 0) is 16.2 Å². The molecule has 5 unspecified atom stereocenters. The number of para-hydroxylation sites is 1. The maximum absolute atomic E-state index is 14.1. The molecule has 3 aromatic carbocycles. The van der Waals surface area contributed by atoms with Crippen LogP contribution < -0.4 is 19.2 Å². The third-order valence-corrected chi connectivity index (χ3v) is 12.5. The molecule has 4 aliphatic rings. The molecule has 1 aromatic heterocycles. The molecule has 2 bridgehead atoms. The average Bonchev–Trinajstić information content (AvgIpc) is 3.76. The molecule has 2 amide bonds. The number of benzene rings is 3. The maximum Gasteiger partial charge on any atom is 0.305 e. The molecule has 43 heavy (non-hydrogen) atoms. The Morgan fingerprint density at radius 2 is 1.63 bits per heavy atom. The molecule has 3 heterocycles. The van der Waals surface area contributed by atoms with Gasteiger partial charge >= 0.3 is 4.87 Å². The van der Waals surface area contributed by atoms with Gasteiger partial charge in [-0.3, -0.25) is 19.3 Å². The molecule has 7 atom stereocenters. The van der Waals surface area contributed by atoms with Crippen molar-refractivity contribution in [1.82, 2.24) is 4.98 Å². The minimum absolute atomic E-state index is 0.0342. The van der Waals surface area contributed by atoms with Crippen LogP contribution >= 0.6 is 23.1 Å². The predicted molar refractivity (Wildman–Crippen MR) is 166 cm³/mol. The summed E-state index contributed by atoms with van der Waals surface area (Å²) in [4.78, 5) is 46.1. The van der Waals surface area contributed by atoms with E-state index in [2.05, 4.69) is 30.1 Å². The van der Waals surface area contributed by atoms with Gasteiger partial charge < -0.3 is 14.5 Å². The van der Waals surface area contributed by atoms with Gasteiger partial charge in [0.05, 0.1) is 29.7 Å². The number of H-pyrrole nitrogens is 1. The highest BCUT2D eigenvalue weighted by Gasteiger charge is 2.69. The van der Waals surface area contributed by atoms with Crippen molar-refractivity contribution in [1.29, 1.82) is 0 Å². The summed E-state index contributed by atoms with van der Waals surface area (Å²) in [6, 6.07) is 23.5. The number of imide groups is 1. The molecular formula is C34H30N2O5S2. The summed E-state index contributed by atoms with van der Waals surface area (Å²) in [5.41, 5.74) is 3.92. The zero-order valence-electron chi connectivity index (χ0n) is 23.7. The van der Waals surface area contributed by atoms with Gasteiger partial charge in [-0.25, -0.2) is 0 Å². The summed E-state index contributed by atoms with van der Waals surface area (Å²) in [5.74, 6) is 0.656. The monoisotopic (exact) mass is 610 g/mol. The second-order valence-electron chi connectivity index (χ2n) is 11.9. The van der Waals surface area contributed by atoms with Gasteiger partial charge in [-0.2, -0.15) is 0 Å². The van der Waals surface area contributed by atoms with Crippen molar-refractivity contribution >= 4 is 40.6 Å². The predicted octanol–water partition coefficient (Wildman–Crippen LogP) is 6.01. The average molecular weight is 611 g/mol. The molecule has 3 fully saturated rings. The zero-order chi connectivity index (χ0) is 29.4. The van der Waals surface area contributed by atoms with Crippen LogP contribution in [0.5, 0.6) is 11.5 Å². The maximum atomic E-state index is 14.1. The van der Waals surface area contributed by atoms with Gasteiger partial charge in [-0.15, -0.1) is 11.8 Å². The molecule has 4 aromatic rings. The van der Waals surface area contributed by atoms with E-state index >= 15 is 0 Å². The van der Waals surface area contributed by atoms with E-state index in [1.807, 2.05) is 30.3 Å². The second kappa shape index (κ2) is 10.1. The fourth-order valence-corrected chi connectivity index (χ4v) is 11.0. The molecule has 8 rings (SSSR count). The first kappa shape index (κ1) is 26.8. The number of thiazole rings is 1. The number of nitrogens with one attached hydrogen (secondary N) is 1. The molecular weight excluding hydrogens is 581 g/mol. The number of aryl methyl sites for hydroxylation is 1. The van der Waals surface area contributed by atoms with Gasteiger partial charge in [-0.1, -0.05) is 53.8 Å². The summed E-state index contributed by atoms with van der Waals surface area (Å²) in [5, 5.41) is 1.01. The highest BCUT2D eigenvalue weighted by molar-refractivity contribution is 8.00. The molecule has 2 aliphatic carbocycles. The third kappa shape index (κ3) is 4.04. The summed E-state index contributed by atoms with van der Waals surface area (Å²) in [7, 11) is 1.59. The highest BCUT2D eigenvalue weighted by Crippen LogP contribution is 2.69. The Balaban J connectivity index is 1.18. The fourth-order valence-electron chi connectivity index (χ4n) is 8.15. The molecule has 2 aliphatic heterocycles. The number of aromatic amines is 1. The summed E-state index contributed by atoms with van der Waals surface area (Å²) < 4.78 is 11.8. The minimum atomic E-state index is -0.360. The van der Waals surface area contributed by atoms with E-state index in [4.69, 9.17) is 9.47 Å². The van der Waals surface area contributed by atoms with Gasteiger partial charge in [-0.05, 0) is 72.6 Å². The van der Waals surface area contributed by atoms with Crippen molar-refractivity contribution < 1.29 is 19.1 Å². The van der Waals surface area contributed by atoms with Crippen LogP contribution in [0.4, 0.5) is 5.69 Å². The Bertz CT molecular complexity index is 1810. The standard InChI is InChI=1S/C34H30N2O5S2/c1-17-7-3-4-8-18(17)16-41-24-10-6-5-9-21(24)25-26-22-15-23(29(26)42-31-30(25)43-34(39)35-31)28-27(22)32(37)36(33(28)38)19-11-13-20(40-2)14-12-19/h3-14,22-23,25-29H,15-16H2,1-2H3,(H,35,39)/t22-,23-,25?,26?,27?,28?,29?/m1/s1. The van der Waals surface area contributed by atoms with E-state index in [9.17, 15) is 14.4 Å².